The van der Waals surface area contributed by atoms with Crippen molar-refractivity contribution in [1.82, 2.24) is 4.98 Å². The first-order valence-corrected chi connectivity index (χ1v) is 4.72. The van der Waals surface area contributed by atoms with Crippen LogP contribution in [0, 0.1) is 6.92 Å². The molecule has 0 unspecified atom stereocenters. The van der Waals surface area contributed by atoms with Crippen LogP contribution >= 0.6 is 0 Å². The molecule has 0 saturated heterocycles. The van der Waals surface area contributed by atoms with E-state index >= 15 is 0 Å². The number of hydrogen-bond donors (Lipinski definition) is 2. The molecule has 2 aromatic rings. The normalized spacial score (nSPS) is 10.2. The number of aryl methyl sites for hydroxylation is 1. The maximum Gasteiger partial charge on any atom is 0.255 e. The summed E-state index contributed by atoms with van der Waals surface area (Å²) in [7, 11) is 0. The Morgan fingerprint density at radius 1 is 1.20 bits per heavy atom. The van der Waals surface area contributed by atoms with Gasteiger partial charge in [-0.3, -0.25) is 4.79 Å². The van der Waals surface area contributed by atoms with E-state index in [4.69, 9.17) is 5.73 Å². The third kappa shape index (κ3) is 1.76. The summed E-state index contributed by atoms with van der Waals surface area (Å²) in [6.07, 6.45) is 1.61. The molecule has 1 aromatic heterocycles. The van der Waals surface area contributed by atoms with Gasteiger partial charge in [-0.2, -0.15) is 0 Å². The smallest absolute Gasteiger partial charge is 0.255 e. The molecule has 0 atom stereocenters. The molecule has 3 nitrogen and oxygen atoms in total. The number of anilines is 1. The fraction of sp³-hybridized carbons (Fsp3) is 0.0833. The maximum atomic E-state index is 11.6. The van der Waals surface area contributed by atoms with E-state index in [-0.39, 0.29) is 5.56 Å². The first-order chi connectivity index (χ1) is 7.18. The molecule has 0 amide bonds. The highest BCUT2D eigenvalue weighted by atomic mass is 16.1. The van der Waals surface area contributed by atoms with Crippen molar-refractivity contribution in [1.29, 1.82) is 0 Å². The highest BCUT2D eigenvalue weighted by Crippen LogP contribution is 2.23. The quantitative estimate of drug-likeness (QED) is 0.691. The first-order valence-electron chi connectivity index (χ1n) is 4.72. The summed E-state index contributed by atoms with van der Waals surface area (Å²) >= 11 is 0. The third-order valence-corrected chi connectivity index (χ3v) is 2.32. The lowest BCUT2D eigenvalue weighted by molar-refractivity contribution is 1.24. The fourth-order valence-electron chi connectivity index (χ4n) is 1.54. The van der Waals surface area contributed by atoms with Gasteiger partial charge in [0.05, 0.1) is 0 Å². The number of hydrogen-bond acceptors (Lipinski definition) is 2. The molecule has 0 aliphatic rings. The number of pyridine rings is 1. The van der Waals surface area contributed by atoms with Crippen molar-refractivity contribution in [2.45, 2.75) is 6.92 Å². The van der Waals surface area contributed by atoms with E-state index in [0.29, 0.717) is 11.3 Å². The van der Waals surface area contributed by atoms with Crippen LogP contribution in [0.25, 0.3) is 11.1 Å². The minimum absolute atomic E-state index is 0.116. The molecule has 1 heterocycles. The van der Waals surface area contributed by atoms with Gasteiger partial charge in [0.1, 0.15) is 0 Å². The second-order valence-electron chi connectivity index (χ2n) is 3.50. The van der Waals surface area contributed by atoms with Crippen LogP contribution in [0.3, 0.4) is 0 Å². The fourth-order valence-corrected chi connectivity index (χ4v) is 1.54. The summed E-state index contributed by atoms with van der Waals surface area (Å²) < 4.78 is 0. The van der Waals surface area contributed by atoms with Gasteiger partial charge in [-0.1, -0.05) is 11.6 Å². The van der Waals surface area contributed by atoms with E-state index in [2.05, 4.69) is 4.98 Å². The Morgan fingerprint density at radius 3 is 2.73 bits per heavy atom. The number of nitrogen functional groups attached to an aromatic ring is 1. The van der Waals surface area contributed by atoms with Crippen LogP contribution in [-0.4, -0.2) is 4.98 Å². The van der Waals surface area contributed by atoms with Crippen molar-refractivity contribution >= 4 is 5.69 Å². The van der Waals surface area contributed by atoms with E-state index in [1.807, 2.05) is 25.1 Å². The highest BCUT2D eigenvalue weighted by Gasteiger charge is 2.05. The Balaban J connectivity index is 2.69. The molecule has 3 heteroatoms. The van der Waals surface area contributed by atoms with Gasteiger partial charge < -0.3 is 10.7 Å². The molecule has 0 bridgehead atoms. The Morgan fingerprint density at radius 2 is 2.00 bits per heavy atom. The number of nitrogens with one attached hydrogen (secondary N) is 1. The second-order valence-corrected chi connectivity index (χ2v) is 3.50. The molecule has 0 aliphatic heterocycles. The molecule has 0 saturated carbocycles. The van der Waals surface area contributed by atoms with Crippen LogP contribution in [0.15, 0.2) is 41.3 Å². The number of aromatic nitrogens is 1. The van der Waals surface area contributed by atoms with Gasteiger partial charge in [0.2, 0.25) is 0 Å². The number of nitrogens with two attached hydrogens (primary N) is 1. The topological polar surface area (TPSA) is 58.9 Å². The van der Waals surface area contributed by atoms with E-state index in [0.717, 1.165) is 11.1 Å². The standard InChI is InChI=1S/C12H12N2O/c1-8-4-5-11(13)10(7-8)9-3-2-6-14-12(9)15/h2-7H,13H2,1H3,(H,14,15). The van der Waals surface area contributed by atoms with Gasteiger partial charge in [0, 0.05) is 23.0 Å². The van der Waals surface area contributed by atoms with Gasteiger partial charge in [0.15, 0.2) is 0 Å². The van der Waals surface area contributed by atoms with E-state index in [1.54, 1.807) is 18.3 Å². The molecule has 15 heavy (non-hydrogen) atoms. The Labute approximate surface area is 87.6 Å². The molecule has 0 aliphatic carbocycles. The molecule has 0 spiro atoms. The number of aromatic amines is 1. The lowest BCUT2D eigenvalue weighted by atomic mass is 10.0. The summed E-state index contributed by atoms with van der Waals surface area (Å²) in [6, 6.07) is 9.22. The zero-order chi connectivity index (χ0) is 10.8. The lowest BCUT2D eigenvalue weighted by Gasteiger charge is -2.05. The van der Waals surface area contributed by atoms with Crippen molar-refractivity contribution in [3.63, 3.8) is 0 Å². The zero-order valence-corrected chi connectivity index (χ0v) is 8.45. The summed E-state index contributed by atoms with van der Waals surface area (Å²) in [5.74, 6) is 0. The third-order valence-electron chi connectivity index (χ3n) is 2.32. The van der Waals surface area contributed by atoms with Crippen molar-refractivity contribution in [2.75, 3.05) is 5.73 Å². The number of benzene rings is 1. The summed E-state index contributed by atoms with van der Waals surface area (Å²) in [5.41, 5.74) is 8.83. The Hall–Kier alpha value is -2.03. The van der Waals surface area contributed by atoms with E-state index in [1.165, 1.54) is 0 Å². The van der Waals surface area contributed by atoms with Crippen molar-refractivity contribution in [2.24, 2.45) is 0 Å². The molecule has 1 aromatic carbocycles. The highest BCUT2D eigenvalue weighted by molar-refractivity contribution is 5.76. The Bertz CT molecular complexity index is 543. The second kappa shape index (κ2) is 3.61. The van der Waals surface area contributed by atoms with Gasteiger partial charge in [-0.15, -0.1) is 0 Å². The SMILES string of the molecule is Cc1ccc(N)c(-c2ccc[nH]c2=O)c1. The molecule has 2 rings (SSSR count). The molecular weight excluding hydrogens is 188 g/mol. The van der Waals surface area contributed by atoms with E-state index in [9.17, 15) is 4.79 Å². The van der Waals surface area contributed by atoms with Crippen LogP contribution in [0.5, 0.6) is 0 Å². The summed E-state index contributed by atoms with van der Waals surface area (Å²) in [6.45, 7) is 1.97. The molecular formula is C12H12N2O. The average Bonchev–Trinajstić information content (AvgIpc) is 2.23. The van der Waals surface area contributed by atoms with Gasteiger partial charge in [-0.05, 0) is 31.2 Å². The van der Waals surface area contributed by atoms with Crippen LogP contribution in [0.4, 0.5) is 5.69 Å². The average molecular weight is 200 g/mol. The van der Waals surface area contributed by atoms with Gasteiger partial charge in [0.25, 0.3) is 5.56 Å². The minimum Gasteiger partial charge on any atom is -0.398 e. The van der Waals surface area contributed by atoms with Gasteiger partial charge >= 0.3 is 0 Å². The van der Waals surface area contributed by atoms with Crippen LogP contribution < -0.4 is 11.3 Å². The number of rotatable bonds is 1. The molecule has 0 fully saturated rings. The maximum absolute atomic E-state index is 11.6. The predicted molar refractivity (Wildman–Crippen MR) is 61.6 cm³/mol. The largest absolute Gasteiger partial charge is 0.398 e. The van der Waals surface area contributed by atoms with Crippen molar-refractivity contribution in [3.05, 3.63) is 52.4 Å². The summed E-state index contributed by atoms with van der Waals surface area (Å²) in [5, 5.41) is 0. The Kier molecular flexibility index (Phi) is 2.29. The first kappa shape index (κ1) is 9.52. The van der Waals surface area contributed by atoms with Crippen LogP contribution in [-0.2, 0) is 0 Å². The summed E-state index contributed by atoms with van der Waals surface area (Å²) in [4.78, 5) is 14.2. The van der Waals surface area contributed by atoms with Crippen molar-refractivity contribution < 1.29 is 0 Å². The molecule has 3 N–H and O–H groups in total. The lowest BCUT2D eigenvalue weighted by Crippen LogP contribution is -2.08. The van der Waals surface area contributed by atoms with Crippen LogP contribution in [0.1, 0.15) is 5.56 Å². The van der Waals surface area contributed by atoms with Crippen molar-refractivity contribution in [3.8, 4) is 11.1 Å². The predicted octanol–water partition coefficient (Wildman–Crippen LogP) is 1.93. The minimum atomic E-state index is -0.116. The van der Waals surface area contributed by atoms with Gasteiger partial charge in [-0.25, -0.2) is 0 Å². The van der Waals surface area contributed by atoms with Crippen LogP contribution in [0.2, 0.25) is 0 Å². The zero-order valence-electron chi connectivity index (χ0n) is 8.45. The van der Waals surface area contributed by atoms with E-state index < -0.39 is 0 Å². The monoisotopic (exact) mass is 200 g/mol. The molecule has 76 valence electrons. The number of H-pyrrole nitrogens is 1. The molecule has 0 radical (unpaired) electrons.